The average Bonchev–Trinajstić information content (AvgIpc) is 2.87. The van der Waals surface area contributed by atoms with Crippen LogP contribution < -0.4 is 16.0 Å². The fourth-order valence-corrected chi connectivity index (χ4v) is 4.91. The van der Waals surface area contributed by atoms with E-state index in [-0.39, 0.29) is 65.8 Å². The molecule has 0 radical (unpaired) electrons. The molecule has 37 heavy (non-hydrogen) atoms. The Balaban J connectivity index is 5.06. The molecule has 10 heteroatoms. The van der Waals surface area contributed by atoms with Crippen LogP contribution in [0.2, 0.25) is 0 Å². The molecule has 0 heterocycles. The van der Waals surface area contributed by atoms with Crippen molar-refractivity contribution in [3.8, 4) is 0 Å². The molecule has 8 nitrogen and oxygen atoms in total. The molecule has 0 saturated carbocycles. The zero-order valence-electron chi connectivity index (χ0n) is 23.8. The summed E-state index contributed by atoms with van der Waals surface area (Å²) in [6.07, 6.45) is 5.48. The standard InChI is InChI=1S/C27H51N3O5S2/c1-7-10-12-20(28-6)22(31)16-29-21(13-11-8-2)23(32)17-30-26(27(36)19(4)5)24(33)18-37-15-14-25(34)35-9-3/h19-21,26-30,36H,7-18H2,1-6H3/t20-,21-,26+,27+/m0/s1. The van der Waals surface area contributed by atoms with E-state index in [1.165, 1.54) is 11.8 Å². The number of thiol groups is 1. The summed E-state index contributed by atoms with van der Waals surface area (Å²) in [7, 11) is 1.79. The predicted molar refractivity (Wildman–Crippen MR) is 157 cm³/mol. The zero-order chi connectivity index (χ0) is 28.2. The molecule has 0 aliphatic heterocycles. The number of hydrogen-bond acceptors (Lipinski definition) is 10. The van der Waals surface area contributed by atoms with Gasteiger partial charge in [-0.05, 0) is 32.7 Å². The molecule has 0 aliphatic rings. The average molecular weight is 562 g/mol. The van der Waals surface area contributed by atoms with Crippen molar-refractivity contribution in [3.63, 3.8) is 0 Å². The third-order valence-electron chi connectivity index (χ3n) is 6.21. The highest BCUT2D eigenvalue weighted by Crippen LogP contribution is 2.17. The van der Waals surface area contributed by atoms with Crippen LogP contribution in [0, 0.1) is 5.92 Å². The molecule has 0 aromatic rings. The Morgan fingerprint density at radius 2 is 1.43 bits per heavy atom. The summed E-state index contributed by atoms with van der Waals surface area (Å²) < 4.78 is 4.92. The number of esters is 1. The van der Waals surface area contributed by atoms with Crippen LogP contribution in [0.3, 0.4) is 0 Å². The van der Waals surface area contributed by atoms with Crippen LogP contribution in [-0.2, 0) is 23.9 Å². The molecule has 0 unspecified atom stereocenters. The number of Topliss-reactive ketones (excluding diaryl/α,β-unsaturated/α-hetero) is 3. The molecule has 3 N–H and O–H groups in total. The molecule has 216 valence electrons. The highest BCUT2D eigenvalue weighted by Gasteiger charge is 2.29. The van der Waals surface area contributed by atoms with Crippen molar-refractivity contribution in [1.82, 2.24) is 16.0 Å². The Morgan fingerprint density at radius 1 is 0.865 bits per heavy atom. The number of carbonyl (C=O) groups excluding carboxylic acids is 4. The van der Waals surface area contributed by atoms with Crippen molar-refractivity contribution in [2.24, 2.45) is 5.92 Å². The van der Waals surface area contributed by atoms with Gasteiger partial charge in [0.1, 0.15) is 0 Å². The maximum absolute atomic E-state index is 13.1. The van der Waals surface area contributed by atoms with Crippen molar-refractivity contribution in [1.29, 1.82) is 0 Å². The summed E-state index contributed by atoms with van der Waals surface area (Å²) in [6, 6.07) is -1.25. The van der Waals surface area contributed by atoms with Gasteiger partial charge in [-0.2, -0.15) is 24.4 Å². The van der Waals surface area contributed by atoms with Crippen molar-refractivity contribution in [2.45, 2.75) is 103 Å². The number of carbonyl (C=O) groups is 4. The number of nitrogens with one attached hydrogen (secondary N) is 3. The maximum atomic E-state index is 13.1. The number of rotatable bonds is 24. The molecule has 0 bridgehead atoms. The largest absolute Gasteiger partial charge is 0.466 e. The number of thioether (sulfide) groups is 1. The first-order valence-corrected chi connectivity index (χ1v) is 15.4. The molecular weight excluding hydrogens is 510 g/mol. The van der Waals surface area contributed by atoms with Gasteiger partial charge in [0.05, 0.1) is 50.0 Å². The van der Waals surface area contributed by atoms with Crippen molar-refractivity contribution >= 4 is 47.7 Å². The van der Waals surface area contributed by atoms with E-state index in [1.54, 1.807) is 14.0 Å². The van der Waals surface area contributed by atoms with Gasteiger partial charge >= 0.3 is 5.97 Å². The monoisotopic (exact) mass is 561 g/mol. The molecule has 0 spiro atoms. The molecule has 4 atom stereocenters. The minimum absolute atomic E-state index is 0.0224. The summed E-state index contributed by atoms with van der Waals surface area (Å²) in [5.74, 6) is 0.526. The van der Waals surface area contributed by atoms with Gasteiger partial charge in [0.25, 0.3) is 0 Å². The number of ketones is 3. The third kappa shape index (κ3) is 15.9. The van der Waals surface area contributed by atoms with E-state index in [9.17, 15) is 19.2 Å². The lowest BCUT2D eigenvalue weighted by Crippen LogP contribution is -2.52. The zero-order valence-corrected chi connectivity index (χ0v) is 25.5. The number of hydrogen-bond donors (Lipinski definition) is 4. The molecular formula is C27H51N3O5S2. The van der Waals surface area contributed by atoms with Crippen LogP contribution in [0.15, 0.2) is 0 Å². The summed E-state index contributed by atoms with van der Waals surface area (Å²) in [5, 5.41) is 9.16. The Kier molecular flexibility index (Phi) is 21.4. The highest BCUT2D eigenvalue weighted by molar-refractivity contribution is 7.99. The Labute approximate surface area is 234 Å². The van der Waals surface area contributed by atoms with Crippen LogP contribution in [0.1, 0.15) is 79.6 Å². The van der Waals surface area contributed by atoms with Crippen LogP contribution in [0.4, 0.5) is 0 Å². The molecule has 0 aromatic heterocycles. The molecule has 0 rings (SSSR count). The van der Waals surface area contributed by atoms with Crippen LogP contribution in [-0.4, -0.2) is 84.9 Å². The normalized spacial score (nSPS) is 14.7. The van der Waals surface area contributed by atoms with Gasteiger partial charge in [-0.15, -0.1) is 0 Å². The lowest BCUT2D eigenvalue weighted by Gasteiger charge is -2.27. The van der Waals surface area contributed by atoms with E-state index >= 15 is 0 Å². The van der Waals surface area contributed by atoms with Crippen molar-refractivity contribution in [2.75, 3.05) is 38.2 Å². The van der Waals surface area contributed by atoms with E-state index in [2.05, 4.69) is 42.4 Å². The van der Waals surface area contributed by atoms with E-state index in [0.29, 0.717) is 18.8 Å². The smallest absolute Gasteiger partial charge is 0.306 e. The quantitative estimate of drug-likeness (QED) is 0.0801. The van der Waals surface area contributed by atoms with E-state index in [0.717, 1.165) is 32.1 Å². The van der Waals surface area contributed by atoms with Crippen LogP contribution in [0.5, 0.6) is 0 Å². The van der Waals surface area contributed by atoms with Crippen LogP contribution >= 0.6 is 24.4 Å². The number of ether oxygens (including phenoxy) is 1. The third-order valence-corrected chi connectivity index (χ3v) is 8.08. The minimum atomic E-state index is -0.585. The van der Waals surface area contributed by atoms with Crippen molar-refractivity contribution in [3.05, 3.63) is 0 Å². The number of unbranched alkanes of at least 4 members (excludes halogenated alkanes) is 2. The van der Waals surface area contributed by atoms with E-state index in [1.807, 2.05) is 13.8 Å². The first-order chi connectivity index (χ1) is 17.6. The maximum Gasteiger partial charge on any atom is 0.306 e. The van der Waals surface area contributed by atoms with Crippen molar-refractivity contribution < 1.29 is 23.9 Å². The lowest BCUT2D eigenvalue weighted by molar-refractivity contribution is -0.142. The Hall–Kier alpha value is -0.940. The molecule has 0 amide bonds. The molecule has 0 aromatic carbocycles. The van der Waals surface area contributed by atoms with Gasteiger partial charge in [-0.3, -0.25) is 24.5 Å². The van der Waals surface area contributed by atoms with E-state index in [4.69, 9.17) is 4.74 Å². The summed E-state index contributed by atoms with van der Waals surface area (Å²) in [5.41, 5.74) is 0. The SMILES string of the molecule is CCCC[C@H](NC)C(=O)CN[C@@H](CCCC)C(=O)CN[C@H](C(=O)CSCCC(=O)OCC)[C@H](S)C(C)C. The summed E-state index contributed by atoms with van der Waals surface area (Å²) in [4.78, 5) is 50.3. The Bertz CT molecular complexity index is 678. The molecule has 0 fully saturated rings. The summed E-state index contributed by atoms with van der Waals surface area (Å²) in [6.45, 7) is 10.4. The predicted octanol–water partition coefficient (Wildman–Crippen LogP) is 3.22. The van der Waals surface area contributed by atoms with Crippen LogP contribution in [0.25, 0.3) is 0 Å². The molecule has 0 aliphatic carbocycles. The van der Waals surface area contributed by atoms with Gasteiger partial charge in [0, 0.05) is 11.0 Å². The van der Waals surface area contributed by atoms with Gasteiger partial charge in [-0.25, -0.2) is 0 Å². The van der Waals surface area contributed by atoms with Gasteiger partial charge in [0.15, 0.2) is 17.3 Å². The number of likely N-dealkylation sites (N-methyl/N-ethyl adjacent to an activating group) is 1. The second-order valence-electron chi connectivity index (χ2n) is 9.66. The van der Waals surface area contributed by atoms with Gasteiger partial charge in [-0.1, -0.05) is 53.4 Å². The Morgan fingerprint density at radius 3 is 1.97 bits per heavy atom. The highest BCUT2D eigenvalue weighted by atomic mass is 32.2. The van der Waals surface area contributed by atoms with Gasteiger partial charge in [0.2, 0.25) is 0 Å². The lowest BCUT2D eigenvalue weighted by atomic mass is 9.99. The fraction of sp³-hybridized carbons (Fsp3) is 0.852. The fourth-order valence-electron chi connectivity index (χ4n) is 3.80. The topological polar surface area (TPSA) is 114 Å². The molecule has 0 saturated heterocycles. The van der Waals surface area contributed by atoms with Gasteiger partial charge < -0.3 is 15.4 Å². The second-order valence-corrected chi connectivity index (χ2v) is 11.4. The van der Waals surface area contributed by atoms with E-state index < -0.39 is 12.1 Å². The second kappa shape index (κ2) is 21.9. The first kappa shape index (κ1) is 36.1. The summed E-state index contributed by atoms with van der Waals surface area (Å²) >= 11 is 6.04. The first-order valence-electron chi connectivity index (χ1n) is 13.8. The minimum Gasteiger partial charge on any atom is -0.466 e.